The van der Waals surface area contributed by atoms with Crippen LogP contribution in [0.15, 0.2) is 0 Å². The van der Waals surface area contributed by atoms with Crippen molar-refractivity contribution in [3.8, 4) is 0 Å². The van der Waals surface area contributed by atoms with Crippen molar-refractivity contribution < 1.29 is 9.59 Å². The zero-order valence-electron chi connectivity index (χ0n) is 8.45. The van der Waals surface area contributed by atoms with Gasteiger partial charge in [-0.1, -0.05) is 6.92 Å². The van der Waals surface area contributed by atoms with Crippen LogP contribution >= 0.6 is 0 Å². The maximum absolute atomic E-state index is 11.8. The molecule has 0 aromatic carbocycles. The maximum Gasteiger partial charge on any atom is 0.245 e. The lowest BCUT2D eigenvalue weighted by Gasteiger charge is -2.32. The summed E-state index contributed by atoms with van der Waals surface area (Å²) in [7, 11) is 0. The fourth-order valence-corrected chi connectivity index (χ4v) is 1.82. The first-order chi connectivity index (χ1) is 6.70. The van der Waals surface area contributed by atoms with Gasteiger partial charge >= 0.3 is 0 Å². The minimum atomic E-state index is -0.282. The van der Waals surface area contributed by atoms with E-state index in [0.717, 1.165) is 6.54 Å². The van der Waals surface area contributed by atoms with Gasteiger partial charge in [-0.2, -0.15) is 0 Å². The van der Waals surface area contributed by atoms with Gasteiger partial charge in [0, 0.05) is 6.54 Å². The number of piperazine rings is 1. The topological polar surface area (TPSA) is 49.4 Å². The van der Waals surface area contributed by atoms with Crippen LogP contribution in [0.25, 0.3) is 0 Å². The summed E-state index contributed by atoms with van der Waals surface area (Å²) in [5.41, 5.74) is 0. The molecule has 1 N–H and O–H groups in total. The summed E-state index contributed by atoms with van der Waals surface area (Å²) < 4.78 is 0. The summed E-state index contributed by atoms with van der Waals surface area (Å²) in [6.07, 6.45) is 3.11. The molecule has 2 rings (SSSR count). The summed E-state index contributed by atoms with van der Waals surface area (Å²) in [4.78, 5) is 24.8. The molecule has 1 aliphatic heterocycles. The quantitative estimate of drug-likeness (QED) is 0.697. The molecule has 78 valence electrons. The molecule has 0 bridgehead atoms. The number of carbonyl (C=O) groups excluding carboxylic acids is 2. The third-order valence-corrected chi connectivity index (χ3v) is 2.86. The van der Waals surface area contributed by atoms with Gasteiger partial charge in [-0.3, -0.25) is 9.59 Å². The largest absolute Gasteiger partial charge is 0.343 e. The standard InChI is InChI=1S/C10H16N2O2/c1-2-8-10(14)12(5-7-3-4-7)6-9(13)11-8/h7-8H,2-6H2,1H3,(H,11,13). The second-order valence-electron chi connectivity index (χ2n) is 4.19. The number of nitrogens with one attached hydrogen (secondary N) is 1. The first-order valence-electron chi connectivity index (χ1n) is 5.29. The molecule has 4 heteroatoms. The van der Waals surface area contributed by atoms with Crippen molar-refractivity contribution in [3.63, 3.8) is 0 Å². The Kier molecular flexibility index (Phi) is 2.44. The minimum Gasteiger partial charge on any atom is -0.343 e. The average Bonchev–Trinajstić information content (AvgIpc) is 2.94. The summed E-state index contributed by atoms with van der Waals surface area (Å²) in [6.45, 7) is 2.96. The molecule has 2 fully saturated rings. The second kappa shape index (κ2) is 3.59. The molecular weight excluding hydrogens is 180 g/mol. The lowest BCUT2D eigenvalue weighted by molar-refractivity contribution is -0.144. The van der Waals surface area contributed by atoms with Gasteiger partial charge in [0.15, 0.2) is 0 Å². The van der Waals surface area contributed by atoms with E-state index in [1.165, 1.54) is 12.8 Å². The normalized spacial score (nSPS) is 27.8. The highest BCUT2D eigenvalue weighted by Gasteiger charge is 2.34. The fraction of sp³-hybridized carbons (Fsp3) is 0.800. The van der Waals surface area contributed by atoms with Gasteiger partial charge in [-0.25, -0.2) is 0 Å². The van der Waals surface area contributed by atoms with Crippen LogP contribution in [0, 0.1) is 5.92 Å². The predicted octanol–water partition coefficient (Wildman–Crippen LogP) is 0.133. The van der Waals surface area contributed by atoms with Crippen molar-refractivity contribution in [2.24, 2.45) is 5.92 Å². The molecule has 0 aromatic heterocycles. The summed E-state index contributed by atoms with van der Waals surface area (Å²) in [5.74, 6) is 0.735. The zero-order valence-corrected chi connectivity index (χ0v) is 8.45. The van der Waals surface area contributed by atoms with E-state index in [1.807, 2.05) is 6.92 Å². The van der Waals surface area contributed by atoms with Crippen LogP contribution in [0.5, 0.6) is 0 Å². The van der Waals surface area contributed by atoms with Gasteiger partial charge in [0.25, 0.3) is 0 Å². The Morgan fingerprint density at radius 2 is 2.14 bits per heavy atom. The van der Waals surface area contributed by atoms with Crippen LogP contribution in [0.1, 0.15) is 26.2 Å². The van der Waals surface area contributed by atoms with Crippen molar-refractivity contribution in [3.05, 3.63) is 0 Å². The molecule has 1 heterocycles. The first kappa shape index (κ1) is 9.49. The van der Waals surface area contributed by atoms with Crippen molar-refractivity contribution in [2.75, 3.05) is 13.1 Å². The first-order valence-corrected chi connectivity index (χ1v) is 5.29. The van der Waals surface area contributed by atoms with Crippen LogP contribution < -0.4 is 5.32 Å². The minimum absolute atomic E-state index is 0.0166. The van der Waals surface area contributed by atoms with E-state index in [4.69, 9.17) is 0 Å². The van der Waals surface area contributed by atoms with E-state index < -0.39 is 0 Å². The Labute approximate surface area is 83.6 Å². The Hall–Kier alpha value is -1.06. The number of hydrogen-bond donors (Lipinski definition) is 1. The highest BCUT2D eigenvalue weighted by atomic mass is 16.2. The van der Waals surface area contributed by atoms with E-state index in [1.54, 1.807) is 4.90 Å². The van der Waals surface area contributed by atoms with Crippen molar-refractivity contribution in [1.82, 2.24) is 10.2 Å². The van der Waals surface area contributed by atoms with Gasteiger partial charge < -0.3 is 10.2 Å². The van der Waals surface area contributed by atoms with E-state index in [9.17, 15) is 9.59 Å². The number of hydrogen-bond acceptors (Lipinski definition) is 2. The fourth-order valence-electron chi connectivity index (χ4n) is 1.82. The molecule has 1 unspecified atom stereocenters. The van der Waals surface area contributed by atoms with Gasteiger partial charge in [0.05, 0.1) is 6.54 Å². The van der Waals surface area contributed by atoms with Gasteiger partial charge in [0.1, 0.15) is 6.04 Å². The van der Waals surface area contributed by atoms with Crippen LogP contribution in [0.2, 0.25) is 0 Å². The van der Waals surface area contributed by atoms with Crippen LogP contribution in [0.3, 0.4) is 0 Å². The molecule has 0 radical (unpaired) electrons. The number of rotatable bonds is 3. The van der Waals surface area contributed by atoms with Gasteiger partial charge in [-0.05, 0) is 25.2 Å². The van der Waals surface area contributed by atoms with Crippen LogP contribution in [0.4, 0.5) is 0 Å². The molecule has 1 atom stereocenters. The molecule has 4 nitrogen and oxygen atoms in total. The van der Waals surface area contributed by atoms with Gasteiger partial charge in [0.2, 0.25) is 11.8 Å². The molecule has 2 amide bonds. The summed E-state index contributed by atoms with van der Waals surface area (Å²) >= 11 is 0. The van der Waals surface area contributed by atoms with Crippen molar-refractivity contribution >= 4 is 11.8 Å². The third-order valence-electron chi connectivity index (χ3n) is 2.86. The second-order valence-corrected chi connectivity index (χ2v) is 4.19. The zero-order chi connectivity index (χ0) is 10.1. The van der Waals surface area contributed by atoms with Crippen molar-refractivity contribution in [2.45, 2.75) is 32.2 Å². The molecule has 1 saturated heterocycles. The van der Waals surface area contributed by atoms with Gasteiger partial charge in [-0.15, -0.1) is 0 Å². The van der Waals surface area contributed by atoms with E-state index in [2.05, 4.69) is 5.32 Å². The number of nitrogens with zero attached hydrogens (tertiary/aromatic N) is 1. The molecule has 0 aromatic rings. The van der Waals surface area contributed by atoms with Crippen molar-refractivity contribution in [1.29, 1.82) is 0 Å². The van der Waals surface area contributed by atoms with Crippen LogP contribution in [-0.2, 0) is 9.59 Å². The van der Waals surface area contributed by atoms with E-state index in [-0.39, 0.29) is 24.4 Å². The predicted molar refractivity (Wildman–Crippen MR) is 51.5 cm³/mol. The Morgan fingerprint density at radius 1 is 1.43 bits per heavy atom. The van der Waals surface area contributed by atoms with E-state index >= 15 is 0 Å². The maximum atomic E-state index is 11.8. The third kappa shape index (κ3) is 1.89. The average molecular weight is 196 g/mol. The Balaban J connectivity index is 1.98. The molecule has 14 heavy (non-hydrogen) atoms. The molecule has 2 aliphatic rings. The SMILES string of the molecule is CCC1NC(=O)CN(CC2CC2)C1=O. The smallest absolute Gasteiger partial charge is 0.245 e. The Bertz CT molecular complexity index is 261. The molecular formula is C10H16N2O2. The monoisotopic (exact) mass is 196 g/mol. The van der Waals surface area contributed by atoms with E-state index in [0.29, 0.717) is 12.3 Å². The molecule has 0 spiro atoms. The lowest BCUT2D eigenvalue weighted by Crippen LogP contribution is -2.58. The molecule has 1 saturated carbocycles. The number of carbonyl (C=O) groups is 2. The summed E-state index contributed by atoms with van der Waals surface area (Å²) in [6, 6.07) is -0.282. The summed E-state index contributed by atoms with van der Waals surface area (Å²) in [5, 5.41) is 2.71. The lowest BCUT2D eigenvalue weighted by atomic mass is 10.1. The number of amides is 2. The molecule has 1 aliphatic carbocycles. The Morgan fingerprint density at radius 3 is 2.71 bits per heavy atom. The highest BCUT2D eigenvalue weighted by molar-refractivity contribution is 5.94. The highest BCUT2D eigenvalue weighted by Crippen LogP contribution is 2.30. The van der Waals surface area contributed by atoms with Crippen LogP contribution in [-0.4, -0.2) is 35.8 Å².